The van der Waals surface area contributed by atoms with Gasteiger partial charge in [-0.1, -0.05) is 48.9 Å². The van der Waals surface area contributed by atoms with Gasteiger partial charge in [0.05, 0.1) is 5.56 Å². The summed E-state index contributed by atoms with van der Waals surface area (Å²) in [7, 11) is 4.17. The second-order valence-electron chi connectivity index (χ2n) is 5.74. The topological polar surface area (TPSA) is 3.24 Å². The summed E-state index contributed by atoms with van der Waals surface area (Å²) in [5, 5.41) is 0. The summed E-state index contributed by atoms with van der Waals surface area (Å²) in [5.74, 6) is 0. The lowest BCUT2D eigenvalue weighted by Gasteiger charge is -2.07. The number of alkyl halides is 3. The van der Waals surface area contributed by atoms with Crippen LogP contribution in [0.3, 0.4) is 0 Å². The SMILES string of the molecule is CCCN(C)C.Cc1ccc(-c2ccc(C(F)(F)F)cc2)cc1. The molecule has 0 fully saturated rings. The van der Waals surface area contributed by atoms with Gasteiger partial charge >= 0.3 is 6.18 Å². The molecular formula is C19H24F3N. The maximum Gasteiger partial charge on any atom is 0.416 e. The van der Waals surface area contributed by atoms with Crippen LogP contribution in [0.4, 0.5) is 13.2 Å². The summed E-state index contributed by atoms with van der Waals surface area (Å²) in [6.45, 7) is 5.36. The fourth-order valence-electron chi connectivity index (χ4n) is 2.04. The Kier molecular flexibility index (Phi) is 7.30. The predicted octanol–water partition coefficient (Wildman–Crippen LogP) is 5.64. The first-order valence-corrected chi connectivity index (χ1v) is 7.63. The normalized spacial score (nSPS) is 11.1. The summed E-state index contributed by atoms with van der Waals surface area (Å²) < 4.78 is 37.1. The zero-order valence-electron chi connectivity index (χ0n) is 14.1. The van der Waals surface area contributed by atoms with Crippen molar-refractivity contribution in [2.75, 3.05) is 20.6 Å². The van der Waals surface area contributed by atoms with Gasteiger partial charge in [0.2, 0.25) is 0 Å². The molecule has 0 heterocycles. The first kappa shape index (κ1) is 19.2. The highest BCUT2D eigenvalue weighted by Crippen LogP contribution is 2.30. The summed E-state index contributed by atoms with van der Waals surface area (Å²) >= 11 is 0. The van der Waals surface area contributed by atoms with Gasteiger partial charge in [0.1, 0.15) is 0 Å². The fraction of sp³-hybridized carbons (Fsp3) is 0.368. The maximum absolute atomic E-state index is 12.4. The maximum atomic E-state index is 12.4. The average molecular weight is 323 g/mol. The van der Waals surface area contributed by atoms with Gasteiger partial charge in [-0.05, 0) is 57.2 Å². The van der Waals surface area contributed by atoms with Gasteiger partial charge in [-0.2, -0.15) is 13.2 Å². The summed E-state index contributed by atoms with van der Waals surface area (Å²) in [4.78, 5) is 2.18. The molecule has 0 atom stereocenters. The molecule has 126 valence electrons. The highest BCUT2D eigenvalue weighted by molar-refractivity contribution is 5.64. The van der Waals surface area contributed by atoms with Crippen LogP contribution in [0.1, 0.15) is 24.5 Å². The number of aryl methyl sites for hydroxylation is 1. The average Bonchev–Trinajstić information content (AvgIpc) is 2.48. The van der Waals surface area contributed by atoms with E-state index in [1.54, 1.807) is 0 Å². The van der Waals surface area contributed by atoms with E-state index in [9.17, 15) is 13.2 Å². The van der Waals surface area contributed by atoms with E-state index in [1.165, 1.54) is 25.1 Å². The Morgan fingerprint density at radius 2 is 1.26 bits per heavy atom. The molecule has 2 aromatic rings. The highest BCUT2D eigenvalue weighted by Gasteiger charge is 2.29. The van der Waals surface area contributed by atoms with Crippen molar-refractivity contribution in [3.63, 3.8) is 0 Å². The molecule has 1 nitrogen and oxygen atoms in total. The van der Waals surface area contributed by atoms with Crippen molar-refractivity contribution in [3.8, 4) is 11.1 Å². The molecule has 0 aromatic heterocycles. The first-order chi connectivity index (χ1) is 10.7. The summed E-state index contributed by atoms with van der Waals surface area (Å²) in [6, 6.07) is 12.9. The summed E-state index contributed by atoms with van der Waals surface area (Å²) in [6.07, 6.45) is -3.02. The van der Waals surface area contributed by atoms with Crippen molar-refractivity contribution in [3.05, 3.63) is 59.7 Å². The van der Waals surface area contributed by atoms with Crippen LogP contribution in [0.2, 0.25) is 0 Å². The van der Waals surface area contributed by atoms with E-state index in [1.807, 2.05) is 31.2 Å². The van der Waals surface area contributed by atoms with E-state index >= 15 is 0 Å². The van der Waals surface area contributed by atoms with Crippen LogP contribution < -0.4 is 0 Å². The molecule has 4 heteroatoms. The van der Waals surface area contributed by atoms with E-state index in [0.29, 0.717) is 0 Å². The van der Waals surface area contributed by atoms with Crippen LogP contribution in [-0.2, 0) is 6.18 Å². The van der Waals surface area contributed by atoms with Gasteiger partial charge < -0.3 is 4.90 Å². The van der Waals surface area contributed by atoms with Crippen LogP contribution in [0.25, 0.3) is 11.1 Å². The first-order valence-electron chi connectivity index (χ1n) is 7.63. The van der Waals surface area contributed by atoms with E-state index in [4.69, 9.17) is 0 Å². The molecular weight excluding hydrogens is 299 g/mol. The molecule has 0 aliphatic heterocycles. The highest BCUT2D eigenvalue weighted by atomic mass is 19.4. The Labute approximate surface area is 136 Å². The monoisotopic (exact) mass is 323 g/mol. The van der Waals surface area contributed by atoms with Crippen LogP contribution in [0.5, 0.6) is 0 Å². The van der Waals surface area contributed by atoms with Crippen molar-refractivity contribution in [2.24, 2.45) is 0 Å². The Morgan fingerprint density at radius 1 is 0.826 bits per heavy atom. The van der Waals surface area contributed by atoms with Gasteiger partial charge in [-0.3, -0.25) is 0 Å². The molecule has 0 saturated carbocycles. The van der Waals surface area contributed by atoms with Crippen LogP contribution in [-0.4, -0.2) is 25.5 Å². The molecule has 2 rings (SSSR count). The minimum absolute atomic E-state index is 0.617. The zero-order chi connectivity index (χ0) is 17.5. The molecule has 0 unspecified atom stereocenters. The molecule has 0 radical (unpaired) electrons. The molecule has 0 spiro atoms. The molecule has 23 heavy (non-hydrogen) atoms. The second-order valence-corrected chi connectivity index (χ2v) is 5.74. The predicted molar refractivity (Wildman–Crippen MR) is 90.5 cm³/mol. The van der Waals surface area contributed by atoms with E-state index < -0.39 is 11.7 Å². The van der Waals surface area contributed by atoms with Crippen molar-refractivity contribution < 1.29 is 13.2 Å². The Morgan fingerprint density at radius 3 is 1.57 bits per heavy atom. The van der Waals surface area contributed by atoms with Crippen LogP contribution in [0, 0.1) is 6.92 Å². The third kappa shape index (κ3) is 6.87. The number of rotatable bonds is 3. The molecule has 2 aromatic carbocycles. The van der Waals surface area contributed by atoms with E-state index in [-0.39, 0.29) is 0 Å². The zero-order valence-corrected chi connectivity index (χ0v) is 14.1. The molecule has 0 saturated heterocycles. The van der Waals surface area contributed by atoms with Crippen molar-refractivity contribution in [2.45, 2.75) is 26.4 Å². The van der Waals surface area contributed by atoms with Gasteiger partial charge in [0.15, 0.2) is 0 Å². The minimum Gasteiger partial charge on any atom is -0.309 e. The Bertz CT molecular complexity index is 569. The van der Waals surface area contributed by atoms with Gasteiger partial charge in [-0.25, -0.2) is 0 Å². The van der Waals surface area contributed by atoms with Crippen molar-refractivity contribution in [1.82, 2.24) is 4.90 Å². The van der Waals surface area contributed by atoms with Gasteiger partial charge in [0, 0.05) is 0 Å². The number of nitrogens with zero attached hydrogens (tertiary/aromatic N) is 1. The lowest BCUT2D eigenvalue weighted by atomic mass is 10.0. The van der Waals surface area contributed by atoms with Gasteiger partial charge in [0.25, 0.3) is 0 Å². The number of halogens is 3. The Hall–Kier alpha value is -1.81. The van der Waals surface area contributed by atoms with E-state index in [0.717, 1.165) is 28.8 Å². The van der Waals surface area contributed by atoms with Gasteiger partial charge in [-0.15, -0.1) is 0 Å². The smallest absolute Gasteiger partial charge is 0.309 e. The molecule has 0 bridgehead atoms. The fourth-order valence-corrected chi connectivity index (χ4v) is 2.04. The molecule has 0 aliphatic carbocycles. The van der Waals surface area contributed by atoms with Crippen LogP contribution in [0.15, 0.2) is 48.5 Å². The minimum atomic E-state index is -4.27. The van der Waals surface area contributed by atoms with Crippen LogP contribution >= 0.6 is 0 Å². The van der Waals surface area contributed by atoms with Crippen molar-refractivity contribution >= 4 is 0 Å². The molecule has 0 amide bonds. The third-order valence-corrected chi connectivity index (χ3v) is 3.27. The number of hydrogen-bond donors (Lipinski definition) is 0. The lowest BCUT2D eigenvalue weighted by molar-refractivity contribution is -0.137. The number of benzene rings is 2. The van der Waals surface area contributed by atoms with E-state index in [2.05, 4.69) is 25.9 Å². The molecule has 0 aliphatic rings. The van der Waals surface area contributed by atoms with Crippen molar-refractivity contribution in [1.29, 1.82) is 0 Å². The molecule has 0 N–H and O–H groups in total. The second kappa shape index (κ2) is 8.73. The lowest BCUT2D eigenvalue weighted by Crippen LogP contribution is -2.11. The Balaban J connectivity index is 0.000000379. The quantitative estimate of drug-likeness (QED) is 0.706. The number of hydrogen-bond acceptors (Lipinski definition) is 1. The third-order valence-electron chi connectivity index (χ3n) is 3.27. The summed E-state index contributed by atoms with van der Waals surface area (Å²) in [5.41, 5.74) is 2.22. The standard InChI is InChI=1S/C14H11F3.C5H13N/c1-10-2-4-11(5-3-10)12-6-8-13(9-7-12)14(15,16)17;1-4-5-6(2)3/h2-9H,1H3;4-5H2,1-3H3. The largest absolute Gasteiger partial charge is 0.416 e.